The summed E-state index contributed by atoms with van der Waals surface area (Å²) in [6, 6.07) is 0. The van der Waals surface area contributed by atoms with Crippen LogP contribution in [0, 0.1) is 0 Å². The smallest absolute Gasteiger partial charge is 1.00 e. The van der Waals surface area contributed by atoms with E-state index in [9.17, 15) is 0 Å². The Bertz CT molecular complexity index is 77.3. The van der Waals surface area contributed by atoms with Crippen LogP contribution in [-0.4, -0.2) is 19.8 Å². The summed E-state index contributed by atoms with van der Waals surface area (Å²) in [6.07, 6.45) is 8.87. The second kappa shape index (κ2) is 10.9. The maximum absolute atomic E-state index is 2.34. The molecule has 80 valence electrons. The third kappa shape index (κ3) is 9.11. The molecule has 0 radical (unpaired) electrons. The van der Waals surface area contributed by atoms with Gasteiger partial charge in [0.2, 0.25) is 0 Å². The fourth-order valence-electron chi connectivity index (χ4n) is 1.91. The Hall–Kier alpha value is 0.799. The minimum Gasteiger partial charge on any atom is 1.00 e. The molecule has 0 atom stereocenters. The van der Waals surface area contributed by atoms with Gasteiger partial charge in [0.25, 0.3) is 0 Å². The average Bonchev–Trinajstić information content (AvgIpc) is 2.17. The van der Waals surface area contributed by atoms with Crippen molar-refractivity contribution in [3.8, 4) is 0 Å². The van der Waals surface area contributed by atoms with Gasteiger partial charge >= 0.3 is 93.8 Å². The molecule has 1 heteroatoms. The first kappa shape index (κ1) is 13.8. The van der Waals surface area contributed by atoms with Crippen LogP contribution in [0.2, 0.25) is 13.3 Å². The summed E-state index contributed by atoms with van der Waals surface area (Å²) in [5, 5.41) is 0. The minimum atomic E-state index is -0.967. The van der Waals surface area contributed by atoms with E-state index in [4.69, 9.17) is 0 Å². The summed E-state index contributed by atoms with van der Waals surface area (Å²) in [4.78, 5) is 0. The fraction of sp³-hybridized carbons (Fsp3) is 1.00. The molecule has 0 nitrogen and oxygen atoms in total. The molecule has 0 unspecified atom stereocenters. The van der Waals surface area contributed by atoms with E-state index >= 15 is 0 Å². The summed E-state index contributed by atoms with van der Waals surface area (Å²) in [5.41, 5.74) is 0. The van der Waals surface area contributed by atoms with Crippen LogP contribution in [0.3, 0.4) is 0 Å². The predicted molar refractivity (Wildman–Crippen MR) is 67.4 cm³/mol. The summed E-state index contributed by atoms with van der Waals surface area (Å²) in [6.45, 7) is 7.01. The van der Waals surface area contributed by atoms with Gasteiger partial charge in [-0.2, -0.15) is 0 Å². The third-order valence-electron chi connectivity index (χ3n) is 2.90. The van der Waals surface area contributed by atoms with Crippen LogP contribution in [0.1, 0.15) is 60.7 Å². The van der Waals surface area contributed by atoms with Crippen molar-refractivity contribution in [2.24, 2.45) is 0 Å². The Morgan fingerprint density at radius 2 is 1.00 bits per heavy atom. The Morgan fingerprint density at radius 1 is 0.692 bits per heavy atom. The number of unbranched alkanes of at least 4 members (excludes halogenated alkanes) is 3. The zero-order valence-electron chi connectivity index (χ0n) is 10.9. The number of hydrogen-bond acceptors (Lipinski definition) is 0. The maximum Gasteiger partial charge on any atom is 1.00 e. The van der Waals surface area contributed by atoms with Gasteiger partial charge in [-0.15, -0.1) is 0 Å². The van der Waals surface area contributed by atoms with Crippen LogP contribution in [0.4, 0.5) is 0 Å². The molecule has 13 heavy (non-hydrogen) atoms. The summed E-state index contributed by atoms with van der Waals surface area (Å²) < 4.78 is 5.08. The van der Waals surface area contributed by atoms with E-state index in [0.717, 1.165) is 0 Å². The van der Waals surface area contributed by atoms with Crippen molar-refractivity contribution in [3.63, 3.8) is 0 Å². The SMILES string of the molecule is CCC[CH2][SnH]([CH2]CCC)[CH2]CCC.[H+]. The molecule has 0 aliphatic rings. The molecule has 0 amide bonds. The van der Waals surface area contributed by atoms with Gasteiger partial charge in [0.1, 0.15) is 0 Å². The van der Waals surface area contributed by atoms with Crippen molar-refractivity contribution in [1.82, 2.24) is 0 Å². The molecular formula is C12H29Sn+. The molecule has 0 aromatic heterocycles. The molecule has 0 spiro atoms. The van der Waals surface area contributed by atoms with Crippen molar-refractivity contribution in [1.29, 1.82) is 0 Å². The Kier molecular flexibility index (Phi) is 11.5. The molecule has 0 fully saturated rings. The van der Waals surface area contributed by atoms with E-state index in [1.807, 2.05) is 0 Å². The zero-order valence-corrected chi connectivity index (χ0v) is 13.2. The van der Waals surface area contributed by atoms with E-state index in [1.54, 1.807) is 13.3 Å². The van der Waals surface area contributed by atoms with Gasteiger partial charge in [0.15, 0.2) is 0 Å². The normalized spacial score (nSPS) is 11.1. The third-order valence-corrected chi connectivity index (χ3v) is 13.4. The molecule has 0 aromatic carbocycles. The fourth-order valence-corrected chi connectivity index (χ4v) is 12.8. The van der Waals surface area contributed by atoms with Crippen molar-refractivity contribution >= 4 is 19.8 Å². The van der Waals surface area contributed by atoms with Crippen LogP contribution in [0.5, 0.6) is 0 Å². The van der Waals surface area contributed by atoms with Gasteiger partial charge in [-0.05, 0) is 0 Å². The molecule has 0 aromatic rings. The molecular weight excluding hydrogens is 263 g/mol. The molecule has 0 saturated heterocycles. The topological polar surface area (TPSA) is 0 Å². The summed E-state index contributed by atoms with van der Waals surface area (Å²) in [7, 11) is 0. The quantitative estimate of drug-likeness (QED) is 0.539. The van der Waals surface area contributed by atoms with E-state index in [2.05, 4.69) is 20.8 Å². The van der Waals surface area contributed by atoms with Crippen molar-refractivity contribution in [2.75, 3.05) is 0 Å². The standard InChI is InChI=1S/3C4H9.Sn.H/c3*1-3-4-2;;/h3*1,3-4H2,2H3;;/p+1. The Labute approximate surface area is 93.7 Å². The first-order valence-electron chi connectivity index (χ1n) is 6.35. The molecule has 0 heterocycles. The van der Waals surface area contributed by atoms with Gasteiger partial charge in [0, 0.05) is 0 Å². The van der Waals surface area contributed by atoms with E-state index in [1.165, 1.54) is 38.5 Å². The molecule has 0 rings (SSSR count). The minimum absolute atomic E-state index is 0. The van der Waals surface area contributed by atoms with E-state index in [0.29, 0.717) is 0 Å². The van der Waals surface area contributed by atoms with Crippen LogP contribution < -0.4 is 0 Å². The van der Waals surface area contributed by atoms with Gasteiger partial charge < -0.3 is 0 Å². The molecule has 0 bridgehead atoms. The monoisotopic (exact) mass is 293 g/mol. The summed E-state index contributed by atoms with van der Waals surface area (Å²) >= 11 is -0.967. The first-order chi connectivity index (χ1) is 6.35. The van der Waals surface area contributed by atoms with Crippen LogP contribution in [0.15, 0.2) is 0 Å². The predicted octanol–water partition coefficient (Wildman–Crippen LogP) is 4.73. The van der Waals surface area contributed by atoms with Crippen LogP contribution in [-0.2, 0) is 0 Å². The van der Waals surface area contributed by atoms with Gasteiger partial charge in [-0.3, -0.25) is 0 Å². The van der Waals surface area contributed by atoms with E-state index in [-0.39, 0.29) is 1.43 Å². The first-order valence-corrected chi connectivity index (χ1v) is 13.3. The number of rotatable bonds is 9. The average molecular weight is 292 g/mol. The van der Waals surface area contributed by atoms with E-state index < -0.39 is 19.8 Å². The van der Waals surface area contributed by atoms with Crippen LogP contribution in [0.25, 0.3) is 0 Å². The van der Waals surface area contributed by atoms with Gasteiger partial charge in [0.05, 0.1) is 0 Å². The molecule has 0 aliphatic carbocycles. The molecule has 0 saturated carbocycles. The second-order valence-corrected chi connectivity index (χ2v) is 14.2. The second-order valence-electron chi connectivity index (χ2n) is 4.29. The van der Waals surface area contributed by atoms with Crippen molar-refractivity contribution in [3.05, 3.63) is 0 Å². The van der Waals surface area contributed by atoms with Crippen molar-refractivity contribution < 1.29 is 1.43 Å². The Morgan fingerprint density at radius 3 is 1.23 bits per heavy atom. The van der Waals surface area contributed by atoms with Gasteiger partial charge in [-0.25, -0.2) is 0 Å². The summed E-state index contributed by atoms with van der Waals surface area (Å²) in [5.74, 6) is 0. The van der Waals surface area contributed by atoms with Crippen molar-refractivity contribution in [2.45, 2.75) is 72.6 Å². The number of hydrogen-bond donors (Lipinski definition) is 0. The van der Waals surface area contributed by atoms with Crippen LogP contribution >= 0.6 is 0 Å². The maximum atomic E-state index is 2.34. The molecule has 0 aliphatic heterocycles. The van der Waals surface area contributed by atoms with Gasteiger partial charge in [-0.1, -0.05) is 0 Å². The largest absolute Gasteiger partial charge is 1.00 e. The zero-order chi connectivity index (χ0) is 9.94. The Balaban J connectivity index is 0. The molecule has 0 N–H and O–H groups in total.